The van der Waals surface area contributed by atoms with Crippen molar-refractivity contribution in [2.45, 2.75) is 32.3 Å². The smallest absolute Gasteiger partial charge is 0.257 e. The Hall–Kier alpha value is -1.62. The van der Waals surface area contributed by atoms with Gasteiger partial charge in [-0.05, 0) is 38.3 Å². The van der Waals surface area contributed by atoms with Crippen molar-refractivity contribution in [1.82, 2.24) is 9.88 Å². The zero-order valence-corrected chi connectivity index (χ0v) is 12.3. The first kappa shape index (κ1) is 14.8. The van der Waals surface area contributed by atoms with Crippen molar-refractivity contribution < 1.29 is 9.53 Å². The van der Waals surface area contributed by atoms with E-state index in [1.807, 2.05) is 24.0 Å². The van der Waals surface area contributed by atoms with Crippen LogP contribution in [0.2, 0.25) is 0 Å². The molecule has 1 saturated heterocycles. The summed E-state index contributed by atoms with van der Waals surface area (Å²) in [7, 11) is 1.67. The Bertz CT molecular complexity index is 444. The molecule has 2 heterocycles. The SMILES string of the molecule is COC(C)CNc1ncccc1C(=O)N1CCCCC1. The van der Waals surface area contributed by atoms with E-state index in [0.717, 1.165) is 25.9 Å². The number of pyridine rings is 1. The molecule has 1 fully saturated rings. The molecule has 1 aromatic rings. The fraction of sp³-hybridized carbons (Fsp3) is 0.600. The van der Waals surface area contributed by atoms with Gasteiger partial charge in [-0.15, -0.1) is 0 Å². The van der Waals surface area contributed by atoms with Crippen molar-refractivity contribution in [3.63, 3.8) is 0 Å². The highest BCUT2D eigenvalue weighted by Gasteiger charge is 2.21. The predicted molar refractivity (Wildman–Crippen MR) is 79.0 cm³/mol. The second-order valence-electron chi connectivity index (χ2n) is 5.18. The van der Waals surface area contributed by atoms with Gasteiger partial charge in [0.2, 0.25) is 0 Å². The number of carbonyl (C=O) groups is 1. The topological polar surface area (TPSA) is 54.5 Å². The van der Waals surface area contributed by atoms with E-state index in [1.54, 1.807) is 13.3 Å². The van der Waals surface area contributed by atoms with Crippen LogP contribution in [0.3, 0.4) is 0 Å². The lowest BCUT2D eigenvalue weighted by Gasteiger charge is -2.27. The first-order valence-corrected chi connectivity index (χ1v) is 7.23. The number of piperidine rings is 1. The number of rotatable bonds is 5. The van der Waals surface area contributed by atoms with Crippen LogP contribution < -0.4 is 5.32 Å². The first-order valence-electron chi connectivity index (χ1n) is 7.23. The maximum absolute atomic E-state index is 12.5. The summed E-state index contributed by atoms with van der Waals surface area (Å²) in [6, 6.07) is 3.64. The molecule has 0 radical (unpaired) electrons. The molecule has 1 atom stereocenters. The summed E-state index contributed by atoms with van der Waals surface area (Å²) in [6.07, 6.45) is 5.18. The lowest BCUT2D eigenvalue weighted by Crippen LogP contribution is -2.36. The second kappa shape index (κ2) is 7.24. The summed E-state index contributed by atoms with van der Waals surface area (Å²) >= 11 is 0. The van der Waals surface area contributed by atoms with Crippen LogP contribution in [0.4, 0.5) is 5.82 Å². The third kappa shape index (κ3) is 3.70. The van der Waals surface area contributed by atoms with Crippen LogP contribution >= 0.6 is 0 Å². The van der Waals surface area contributed by atoms with Gasteiger partial charge in [0.05, 0.1) is 11.7 Å². The molecule has 1 unspecified atom stereocenters. The first-order chi connectivity index (χ1) is 9.72. The lowest BCUT2D eigenvalue weighted by atomic mass is 10.1. The van der Waals surface area contributed by atoms with Gasteiger partial charge in [-0.2, -0.15) is 0 Å². The number of amides is 1. The quantitative estimate of drug-likeness (QED) is 0.896. The Morgan fingerprint density at radius 3 is 2.90 bits per heavy atom. The molecule has 1 amide bonds. The number of carbonyl (C=O) groups excluding carboxylic acids is 1. The largest absolute Gasteiger partial charge is 0.380 e. The average Bonchev–Trinajstić information content (AvgIpc) is 2.53. The number of methoxy groups -OCH3 is 1. The highest BCUT2D eigenvalue weighted by atomic mass is 16.5. The van der Waals surface area contributed by atoms with Gasteiger partial charge in [-0.3, -0.25) is 4.79 Å². The molecular weight excluding hydrogens is 254 g/mol. The zero-order valence-electron chi connectivity index (χ0n) is 12.3. The van der Waals surface area contributed by atoms with E-state index in [0.29, 0.717) is 17.9 Å². The van der Waals surface area contributed by atoms with Gasteiger partial charge in [-0.25, -0.2) is 4.98 Å². The molecule has 1 aliphatic rings. The predicted octanol–water partition coefficient (Wildman–Crippen LogP) is 2.15. The van der Waals surface area contributed by atoms with Crippen LogP contribution in [0.5, 0.6) is 0 Å². The lowest BCUT2D eigenvalue weighted by molar-refractivity contribution is 0.0724. The fourth-order valence-electron chi connectivity index (χ4n) is 2.31. The number of aromatic nitrogens is 1. The van der Waals surface area contributed by atoms with E-state index in [2.05, 4.69) is 10.3 Å². The van der Waals surface area contributed by atoms with Crippen LogP contribution in [0, 0.1) is 0 Å². The molecule has 1 aliphatic heterocycles. The maximum Gasteiger partial charge on any atom is 0.257 e. The van der Waals surface area contributed by atoms with Crippen LogP contribution in [-0.2, 0) is 4.74 Å². The normalized spacial score (nSPS) is 16.8. The molecule has 5 nitrogen and oxygen atoms in total. The van der Waals surface area contributed by atoms with Crippen LogP contribution in [-0.4, -0.2) is 48.6 Å². The summed E-state index contributed by atoms with van der Waals surface area (Å²) in [4.78, 5) is 18.8. The van der Waals surface area contributed by atoms with Gasteiger partial charge in [-0.1, -0.05) is 0 Å². The summed E-state index contributed by atoms with van der Waals surface area (Å²) in [5.74, 6) is 0.720. The van der Waals surface area contributed by atoms with Crippen molar-refractivity contribution in [1.29, 1.82) is 0 Å². The van der Waals surface area contributed by atoms with Crippen LogP contribution in [0.15, 0.2) is 18.3 Å². The van der Waals surface area contributed by atoms with Crippen molar-refractivity contribution in [2.24, 2.45) is 0 Å². The molecule has 0 aliphatic carbocycles. The number of ether oxygens (including phenoxy) is 1. The second-order valence-corrected chi connectivity index (χ2v) is 5.18. The summed E-state index contributed by atoms with van der Waals surface area (Å²) < 4.78 is 5.20. The number of anilines is 1. The minimum Gasteiger partial charge on any atom is -0.380 e. The van der Waals surface area contributed by atoms with Gasteiger partial charge in [0, 0.05) is 32.9 Å². The van der Waals surface area contributed by atoms with Crippen molar-refractivity contribution in [3.8, 4) is 0 Å². The van der Waals surface area contributed by atoms with Gasteiger partial charge in [0.25, 0.3) is 5.91 Å². The molecule has 0 saturated carbocycles. The average molecular weight is 277 g/mol. The van der Waals surface area contributed by atoms with Gasteiger partial charge in [0.1, 0.15) is 5.82 Å². The minimum absolute atomic E-state index is 0.0744. The monoisotopic (exact) mass is 277 g/mol. The van der Waals surface area contributed by atoms with E-state index in [1.165, 1.54) is 6.42 Å². The van der Waals surface area contributed by atoms with E-state index < -0.39 is 0 Å². The van der Waals surface area contributed by atoms with Gasteiger partial charge in [0.15, 0.2) is 0 Å². The zero-order chi connectivity index (χ0) is 14.4. The van der Waals surface area contributed by atoms with E-state index in [9.17, 15) is 4.79 Å². The Balaban J connectivity index is 2.08. The fourth-order valence-corrected chi connectivity index (χ4v) is 2.31. The van der Waals surface area contributed by atoms with E-state index in [4.69, 9.17) is 4.74 Å². The molecular formula is C15H23N3O2. The van der Waals surface area contributed by atoms with E-state index in [-0.39, 0.29) is 12.0 Å². The number of likely N-dealkylation sites (tertiary alicyclic amines) is 1. The molecule has 1 aromatic heterocycles. The van der Waals surface area contributed by atoms with Crippen molar-refractivity contribution in [2.75, 3.05) is 32.1 Å². The summed E-state index contributed by atoms with van der Waals surface area (Å²) in [5.41, 5.74) is 0.651. The molecule has 5 heteroatoms. The third-order valence-electron chi connectivity index (χ3n) is 3.64. The number of nitrogens with zero attached hydrogens (tertiary/aromatic N) is 2. The van der Waals surface area contributed by atoms with Crippen molar-refractivity contribution >= 4 is 11.7 Å². The number of nitrogens with one attached hydrogen (secondary N) is 1. The standard InChI is InChI=1S/C15H23N3O2/c1-12(20-2)11-17-14-13(7-6-8-16-14)15(19)18-9-4-3-5-10-18/h6-8,12H,3-5,9-11H2,1-2H3,(H,16,17). The third-order valence-corrected chi connectivity index (χ3v) is 3.64. The minimum atomic E-state index is 0.0744. The summed E-state index contributed by atoms with van der Waals surface area (Å²) in [6.45, 7) is 4.30. The van der Waals surface area contributed by atoms with Crippen LogP contribution in [0.25, 0.3) is 0 Å². The van der Waals surface area contributed by atoms with Gasteiger partial charge >= 0.3 is 0 Å². The number of hydrogen-bond donors (Lipinski definition) is 1. The highest BCUT2D eigenvalue weighted by molar-refractivity contribution is 5.98. The molecule has 0 bridgehead atoms. The molecule has 0 aromatic carbocycles. The Labute approximate surface area is 120 Å². The maximum atomic E-state index is 12.5. The highest BCUT2D eigenvalue weighted by Crippen LogP contribution is 2.18. The molecule has 110 valence electrons. The molecule has 20 heavy (non-hydrogen) atoms. The Morgan fingerprint density at radius 1 is 1.45 bits per heavy atom. The van der Waals surface area contributed by atoms with E-state index >= 15 is 0 Å². The molecule has 1 N–H and O–H groups in total. The molecule has 2 rings (SSSR count). The Kier molecular flexibility index (Phi) is 5.35. The summed E-state index contributed by atoms with van der Waals surface area (Å²) in [5, 5.41) is 3.20. The van der Waals surface area contributed by atoms with Gasteiger partial charge < -0.3 is 15.0 Å². The molecule has 0 spiro atoms. The Morgan fingerprint density at radius 2 is 2.20 bits per heavy atom. The van der Waals surface area contributed by atoms with Crippen LogP contribution in [0.1, 0.15) is 36.5 Å². The van der Waals surface area contributed by atoms with Crippen molar-refractivity contribution in [3.05, 3.63) is 23.9 Å². The number of hydrogen-bond acceptors (Lipinski definition) is 4.